The number of likely N-dealkylation sites (tertiary alicyclic amines) is 1. The molecule has 1 amide bonds. The molecule has 0 bridgehead atoms. The summed E-state index contributed by atoms with van der Waals surface area (Å²) in [6, 6.07) is 3.10. The van der Waals surface area contributed by atoms with Gasteiger partial charge in [-0.3, -0.25) is 9.59 Å². The first-order valence-corrected chi connectivity index (χ1v) is 8.58. The van der Waals surface area contributed by atoms with Gasteiger partial charge in [-0.2, -0.15) is 13.2 Å². The summed E-state index contributed by atoms with van der Waals surface area (Å²) in [6.07, 6.45) is -0.392. The Balaban J connectivity index is 1.88. The maximum Gasteiger partial charge on any atom is 0.394 e. The average molecular weight is 371 g/mol. The number of nitrogens with zero attached hydrogens (tertiary/aromatic N) is 3. The number of rotatable bonds is 3. The SMILES string of the molecule is O=C(O)[C@@H]1CN(c2ncccc2C(=O)N2CCCCC2)C[C@H]1C(F)(F)F. The molecule has 0 saturated carbocycles. The second kappa shape index (κ2) is 7.13. The Labute approximate surface area is 148 Å². The third-order valence-electron chi connectivity index (χ3n) is 5.02. The zero-order chi connectivity index (χ0) is 18.9. The average Bonchev–Trinajstić information content (AvgIpc) is 3.08. The highest BCUT2D eigenvalue weighted by atomic mass is 19.4. The molecule has 0 unspecified atom stereocenters. The summed E-state index contributed by atoms with van der Waals surface area (Å²) in [4.78, 5) is 31.1. The van der Waals surface area contributed by atoms with Gasteiger partial charge in [0.2, 0.25) is 0 Å². The topological polar surface area (TPSA) is 73.7 Å². The molecule has 0 radical (unpaired) electrons. The maximum absolute atomic E-state index is 13.2. The Morgan fingerprint density at radius 3 is 2.42 bits per heavy atom. The third kappa shape index (κ3) is 3.61. The number of aliphatic carboxylic acids is 1. The van der Waals surface area contributed by atoms with Gasteiger partial charge in [0.15, 0.2) is 0 Å². The monoisotopic (exact) mass is 371 g/mol. The van der Waals surface area contributed by atoms with E-state index in [0.717, 1.165) is 19.3 Å². The van der Waals surface area contributed by atoms with Crippen molar-refractivity contribution >= 4 is 17.7 Å². The van der Waals surface area contributed by atoms with E-state index < -0.39 is 30.5 Å². The molecule has 142 valence electrons. The Bertz CT molecular complexity index is 689. The second-order valence-corrected chi connectivity index (χ2v) is 6.73. The lowest BCUT2D eigenvalue weighted by atomic mass is 9.96. The van der Waals surface area contributed by atoms with Crippen LogP contribution in [-0.4, -0.2) is 59.2 Å². The summed E-state index contributed by atoms with van der Waals surface area (Å²) in [5.74, 6) is -5.19. The number of anilines is 1. The number of aromatic nitrogens is 1. The standard InChI is InChI=1S/C17H20F3N3O3/c18-17(19,20)13-10-23(9-12(13)16(25)26)14-11(5-4-6-21-14)15(24)22-7-2-1-3-8-22/h4-6,12-13H,1-3,7-10H2,(H,25,26)/t12-,13-/m1/s1. The predicted molar refractivity (Wildman–Crippen MR) is 86.9 cm³/mol. The van der Waals surface area contributed by atoms with Gasteiger partial charge in [-0.05, 0) is 31.4 Å². The number of hydrogen-bond donors (Lipinski definition) is 1. The van der Waals surface area contributed by atoms with Gasteiger partial charge in [0, 0.05) is 32.4 Å². The third-order valence-corrected chi connectivity index (χ3v) is 5.02. The lowest BCUT2D eigenvalue weighted by Crippen LogP contribution is -2.37. The van der Waals surface area contributed by atoms with Gasteiger partial charge >= 0.3 is 12.1 Å². The van der Waals surface area contributed by atoms with Crippen molar-refractivity contribution in [3.8, 4) is 0 Å². The minimum atomic E-state index is -4.62. The summed E-state index contributed by atoms with van der Waals surface area (Å²) in [5, 5.41) is 9.17. The molecular formula is C17H20F3N3O3. The van der Waals surface area contributed by atoms with E-state index >= 15 is 0 Å². The molecule has 1 aromatic rings. The van der Waals surface area contributed by atoms with Crippen LogP contribution in [0.4, 0.5) is 19.0 Å². The van der Waals surface area contributed by atoms with Crippen molar-refractivity contribution in [3.05, 3.63) is 23.9 Å². The Hall–Kier alpha value is -2.32. The highest BCUT2D eigenvalue weighted by molar-refractivity contribution is 5.99. The van der Waals surface area contributed by atoms with Crippen molar-refractivity contribution in [1.82, 2.24) is 9.88 Å². The van der Waals surface area contributed by atoms with Crippen LogP contribution in [0.1, 0.15) is 29.6 Å². The summed E-state index contributed by atoms with van der Waals surface area (Å²) < 4.78 is 39.7. The number of piperidine rings is 1. The molecule has 2 aliphatic heterocycles. The number of halogens is 3. The van der Waals surface area contributed by atoms with Gasteiger partial charge in [-0.1, -0.05) is 0 Å². The first-order chi connectivity index (χ1) is 12.3. The van der Waals surface area contributed by atoms with Crippen LogP contribution in [0.5, 0.6) is 0 Å². The van der Waals surface area contributed by atoms with E-state index in [1.165, 1.54) is 17.2 Å². The number of carboxylic acids is 1. The summed E-state index contributed by atoms with van der Waals surface area (Å²) in [7, 11) is 0. The lowest BCUT2D eigenvalue weighted by molar-refractivity contribution is -0.187. The van der Waals surface area contributed by atoms with Gasteiger partial charge in [0.05, 0.1) is 17.4 Å². The van der Waals surface area contributed by atoms with E-state index in [0.29, 0.717) is 13.1 Å². The van der Waals surface area contributed by atoms with Crippen molar-refractivity contribution in [2.45, 2.75) is 25.4 Å². The molecule has 2 fully saturated rings. The summed E-state index contributed by atoms with van der Waals surface area (Å²) >= 11 is 0. The summed E-state index contributed by atoms with van der Waals surface area (Å²) in [6.45, 7) is 0.376. The van der Waals surface area contributed by atoms with Crippen LogP contribution in [0, 0.1) is 11.8 Å². The molecule has 0 aliphatic carbocycles. The molecule has 26 heavy (non-hydrogen) atoms. The van der Waals surface area contributed by atoms with Crippen LogP contribution in [-0.2, 0) is 4.79 Å². The fourth-order valence-corrected chi connectivity index (χ4v) is 3.64. The van der Waals surface area contributed by atoms with Gasteiger partial charge in [-0.25, -0.2) is 4.98 Å². The molecule has 1 aromatic heterocycles. The van der Waals surface area contributed by atoms with E-state index in [-0.39, 0.29) is 23.8 Å². The van der Waals surface area contributed by atoms with Crippen molar-refractivity contribution in [2.24, 2.45) is 11.8 Å². The predicted octanol–water partition coefficient (Wildman–Crippen LogP) is 2.41. The highest BCUT2D eigenvalue weighted by Crippen LogP contribution is 2.39. The molecule has 3 heterocycles. The normalized spacial score (nSPS) is 24.0. The number of carbonyl (C=O) groups excluding carboxylic acids is 1. The van der Waals surface area contributed by atoms with Gasteiger partial charge < -0.3 is 14.9 Å². The van der Waals surface area contributed by atoms with Crippen LogP contribution in [0.2, 0.25) is 0 Å². The number of pyridine rings is 1. The smallest absolute Gasteiger partial charge is 0.394 e. The lowest BCUT2D eigenvalue weighted by Gasteiger charge is -2.28. The van der Waals surface area contributed by atoms with Gasteiger partial charge in [-0.15, -0.1) is 0 Å². The first kappa shape index (κ1) is 18.5. The van der Waals surface area contributed by atoms with Crippen LogP contribution in [0.3, 0.4) is 0 Å². The quantitative estimate of drug-likeness (QED) is 0.883. The number of alkyl halides is 3. The van der Waals surface area contributed by atoms with Gasteiger partial charge in [0.1, 0.15) is 5.82 Å². The van der Waals surface area contributed by atoms with E-state index in [1.807, 2.05) is 0 Å². The van der Waals surface area contributed by atoms with Crippen molar-refractivity contribution < 1.29 is 27.9 Å². The highest BCUT2D eigenvalue weighted by Gasteiger charge is 2.53. The van der Waals surface area contributed by atoms with E-state index in [9.17, 15) is 27.9 Å². The van der Waals surface area contributed by atoms with E-state index in [4.69, 9.17) is 0 Å². The Morgan fingerprint density at radius 2 is 1.85 bits per heavy atom. The molecule has 6 nitrogen and oxygen atoms in total. The second-order valence-electron chi connectivity index (χ2n) is 6.73. The summed E-state index contributed by atoms with van der Waals surface area (Å²) in [5.41, 5.74) is 0.223. The van der Waals surface area contributed by atoms with Gasteiger partial charge in [0.25, 0.3) is 5.91 Å². The molecule has 2 atom stereocenters. The first-order valence-electron chi connectivity index (χ1n) is 8.58. The Kier molecular flexibility index (Phi) is 5.06. The zero-order valence-corrected chi connectivity index (χ0v) is 14.1. The van der Waals surface area contributed by atoms with Crippen LogP contribution >= 0.6 is 0 Å². The zero-order valence-electron chi connectivity index (χ0n) is 14.1. The van der Waals surface area contributed by atoms with E-state index in [1.54, 1.807) is 11.0 Å². The van der Waals surface area contributed by atoms with Crippen LogP contribution < -0.4 is 4.90 Å². The minimum absolute atomic E-state index is 0.126. The molecule has 0 spiro atoms. The largest absolute Gasteiger partial charge is 0.481 e. The number of hydrogen-bond acceptors (Lipinski definition) is 4. The van der Waals surface area contributed by atoms with Crippen molar-refractivity contribution in [3.63, 3.8) is 0 Å². The maximum atomic E-state index is 13.2. The minimum Gasteiger partial charge on any atom is -0.481 e. The molecule has 1 N–H and O–H groups in total. The number of carboxylic acid groups (broad SMARTS) is 1. The van der Waals surface area contributed by atoms with Crippen LogP contribution in [0.15, 0.2) is 18.3 Å². The Morgan fingerprint density at radius 1 is 1.15 bits per heavy atom. The molecule has 0 aromatic carbocycles. The van der Waals surface area contributed by atoms with Crippen molar-refractivity contribution in [2.75, 3.05) is 31.1 Å². The fourth-order valence-electron chi connectivity index (χ4n) is 3.64. The number of amides is 1. The number of carbonyl (C=O) groups is 2. The molecule has 2 aliphatic rings. The molecule has 3 rings (SSSR count). The fraction of sp³-hybridized carbons (Fsp3) is 0.588. The van der Waals surface area contributed by atoms with Crippen LogP contribution in [0.25, 0.3) is 0 Å². The molecule has 9 heteroatoms. The molecular weight excluding hydrogens is 351 g/mol. The molecule has 2 saturated heterocycles. The van der Waals surface area contributed by atoms with Crippen molar-refractivity contribution in [1.29, 1.82) is 0 Å². The van der Waals surface area contributed by atoms with E-state index in [2.05, 4.69) is 4.98 Å².